The molecule has 0 N–H and O–H groups in total. The van der Waals surface area contributed by atoms with Crippen LogP contribution in [0.5, 0.6) is 5.75 Å². The molecule has 5 nitrogen and oxygen atoms in total. The Morgan fingerprint density at radius 3 is 2.69 bits per heavy atom. The molecule has 0 atom stereocenters. The molecule has 1 aromatic heterocycles. The third-order valence-corrected chi connectivity index (χ3v) is 2.05. The largest absolute Gasteiger partial charge is 0.428 e. The van der Waals surface area contributed by atoms with E-state index in [9.17, 15) is 14.4 Å². The average molecular weight is 218 g/mol. The van der Waals surface area contributed by atoms with Gasteiger partial charge >= 0.3 is 5.63 Å². The molecule has 5 heteroatoms. The van der Waals surface area contributed by atoms with Gasteiger partial charge in [-0.25, -0.2) is 4.79 Å². The summed E-state index contributed by atoms with van der Waals surface area (Å²) in [7, 11) is 0. The maximum atomic E-state index is 11.0. The van der Waals surface area contributed by atoms with E-state index in [0.717, 1.165) is 0 Å². The Morgan fingerprint density at radius 2 is 2.00 bits per heavy atom. The van der Waals surface area contributed by atoms with Crippen LogP contribution in [0, 0.1) is 0 Å². The van der Waals surface area contributed by atoms with Gasteiger partial charge in [0.15, 0.2) is 6.29 Å². The van der Waals surface area contributed by atoms with E-state index in [1.165, 1.54) is 24.3 Å². The standard InChI is InChI=1S/C11H6O5/c12-5-8-3-7-1-2-11(14)16-10(7)4-9(8)15-6-13/h1-6H. The maximum Gasteiger partial charge on any atom is 0.336 e. The molecule has 1 heterocycles. The second kappa shape index (κ2) is 3.98. The molecule has 0 saturated heterocycles. The molecule has 1 aromatic carbocycles. The molecule has 0 bridgehead atoms. The lowest BCUT2D eigenvalue weighted by Gasteiger charge is -2.03. The Bertz CT molecular complexity index is 611. The fourth-order valence-corrected chi connectivity index (χ4v) is 1.36. The second-order valence-electron chi connectivity index (χ2n) is 3.01. The molecule has 0 unspecified atom stereocenters. The first-order valence-electron chi connectivity index (χ1n) is 4.38. The van der Waals surface area contributed by atoms with Crippen LogP contribution in [0.25, 0.3) is 11.0 Å². The zero-order valence-electron chi connectivity index (χ0n) is 8.01. The van der Waals surface area contributed by atoms with E-state index in [0.29, 0.717) is 11.7 Å². The number of benzene rings is 1. The van der Waals surface area contributed by atoms with Gasteiger partial charge in [-0.15, -0.1) is 0 Å². The summed E-state index contributed by atoms with van der Waals surface area (Å²) >= 11 is 0. The Morgan fingerprint density at radius 1 is 1.19 bits per heavy atom. The molecule has 0 fully saturated rings. The molecular formula is C11H6O5. The monoisotopic (exact) mass is 218 g/mol. The Hall–Kier alpha value is -2.43. The van der Waals surface area contributed by atoms with E-state index in [4.69, 9.17) is 4.42 Å². The van der Waals surface area contributed by atoms with Gasteiger partial charge in [0.1, 0.15) is 11.3 Å². The number of rotatable bonds is 3. The molecule has 16 heavy (non-hydrogen) atoms. The molecule has 80 valence electrons. The number of ether oxygens (including phenoxy) is 1. The van der Waals surface area contributed by atoms with Crippen molar-refractivity contribution in [2.75, 3.05) is 0 Å². The van der Waals surface area contributed by atoms with Crippen LogP contribution in [0.3, 0.4) is 0 Å². The first-order chi connectivity index (χ1) is 7.74. The minimum absolute atomic E-state index is 0.0619. The minimum atomic E-state index is -0.511. The number of aldehydes is 1. The van der Waals surface area contributed by atoms with Crippen LogP contribution in [-0.2, 0) is 4.79 Å². The maximum absolute atomic E-state index is 11.0. The third-order valence-electron chi connectivity index (χ3n) is 2.05. The second-order valence-corrected chi connectivity index (χ2v) is 3.01. The lowest BCUT2D eigenvalue weighted by atomic mass is 10.1. The highest BCUT2D eigenvalue weighted by atomic mass is 16.5. The third kappa shape index (κ3) is 1.70. The van der Waals surface area contributed by atoms with Crippen molar-refractivity contribution in [3.63, 3.8) is 0 Å². The van der Waals surface area contributed by atoms with Crippen molar-refractivity contribution in [3.05, 3.63) is 40.2 Å². The van der Waals surface area contributed by atoms with Gasteiger partial charge in [0.05, 0.1) is 5.56 Å². The van der Waals surface area contributed by atoms with Gasteiger partial charge in [-0.3, -0.25) is 9.59 Å². The summed E-state index contributed by atoms with van der Waals surface area (Å²) in [4.78, 5) is 31.9. The number of carbonyl (C=O) groups excluding carboxylic acids is 2. The zero-order chi connectivity index (χ0) is 11.5. The molecule has 2 aromatic rings. The number of fused-ring (bicyclic) bond motifs is 1. The summed E-state index contributed by atoms with van der Waals surface area (Å²) in [6.07, 6.45) is 0.559. The van der Waals surface area contributed by atoms with Gasteiger partial charge in [0.2, 0.25) is 0 Å². The van der Waals surface area contributed by atoms with Gasteiger partial charge in [-0.2, -0.15) is 0 Å². The highest BCUT2D eigenvalue weighted by Gasteiger charge is 2.07. The number of hydrogen-bond acceptors (Lipinski definition) is 5. The highest BCUT2D eigenvalue weighted by Crippen LogP contribution is 2.23. The summed E-state index contributed by atoms with van der Waals surface area (Å²) in [5, 5.41) is 0.583. The van der Waals surface area contributed by atoms with Crippen molar-refractivity contribution < 1.29 is 18.7 Å². The molecule has 0 radical (unpaired) electrons. The smallest absolute Gasteiger partial charge is 0.336 e. The van der Waals surface area contributed by atoms with Crippen molar-refractivity contribution in [1.82, 2.24) is 0 Å². The first kappa shape index (κ1) is 10.1. The Balaban J connectivity index is 2.74. The fourth-order valence-electron chi connectivity index (χ4n) is 1.36. The topological polar surface area (TPSA) is 73.6 Å². The van der Waals surface area contributed by atoms with Gasteiger partial charge in [0.25, 0.3) is 6.47 Å². The van der Waals surface area contributed by atoms with Crippen LogP contribution in [0.4, 0.5) is 0 Å². The zero-order valence-corrected chi connectivity index (χ0v) is 8.01. The minimum Gasteiger partial charge on any atom is -0.428 e. The normalized spacial score (nSPS) is 10.0. The molecule has 0 saturated carbocycles. The predicted octanol–water partition coefficient (Wildman–Crippen LogP) is 1.14. The summed E-state index contributed by atoms with van der Waals surface area (Å²) in [5.74, 6) is 0.0619. The van der Waals surface area contributed by atoms with Crippen LogP contribution < -0.4 is 10.4 Å². The lowest BCUT2D eigenvalue weighted by molar-refractivity contribution is -0.120. The number of carbonyl (C=O) groups is 2. The van der Waals surface area contributed by atoms with Gasteiger partial charge in [-0.1, -0.05) is 0 Å². The Labute approximate surface area is 89.2 Å². The van der Waals surface area contributed by atoms with Gasteiger partial charge in [0, 0.05) is 17.5 Å². The van der Waals surface area contributed by atoms with Crippen molar-refractivity contribution in [1.29, 1.82) is 0 Å². The van der Waals surface area contributed by atoms with E-state index in [2.05, 4.69) is 4.74 Å². The molecule has 0 aliphatic rings. The van der Waals surface area contributed by atoms with E-state index < -0.39 is 5.63 Å². The number of hydrogen-bond donors (Lipinski definition) is 0. The SMILES string of the molecule is O=COc1cc2oc(=O)ccc2cc1C=O. The molecule has 0 amide bonds. The Kier molecular flexibility index (Phi) is 2.51. The molecule has 0 aliphatic carbocycles. The average Bonchev–Trinajstić information content (AvgIpc) is 2.28. The quantitative estimate of drug-likeness (QED) is 0.570. The van der Waals surface area contributed by atoms with E-state index in [-0.39, 0.29) is 23.4 Å². The molecular weight excluding hydrogens is 212 g/mol. The van der Waals surface area contributed by atoms with Crippen LogP contribution in [0.1, 0.15) is 10.4 Å². The molecule has 2 rings (SSSR count). The van der Waals surface area contributed by atoms with Crippen molar-refractivity contribution in [2.45, 2.75) is 0 Å². The summed E-state index contributed by atoms with van der Waals surface area (Å²) < 4.78 is 9.48. The lowest BCUT2D eigenvalue weighted by Crippen LogP contribution is -1.97. The van der Waals surface area contributed by atoms with Crippen LogP contribution in [0.15, 0.2) is 33.5 Å². The molecule has 0 spiro atoms. The van der Waals surface area contributed by atoms with Crippen LogP contribution >= 0.6 is 0 Å². The molecule has 0 aliphatic heterocycles. The van der Waals surface area contributed by atoms with Crippen LogP contribution in [0.2, 0.25) is 0 Å². The highest BCUT2D eigenvalue weighted by molar-refractivity contribution is 5.89. The predicted molar refractivity (Wildman–Crippen MR) is 54.6 cm³/mol. The van der Waals surface area contributed by atoms with Crippen molar-refractivity contribution in [2.24, 2.45) is 0 Å². The van der Waals surface area contributed by atoms with Gasteiger partial charge < -0.3 is 9.15 Å². The van der Waals surface area contributed by atoms with Gasteiger partial charge in [-0.05, 0) is 12.1 Å². The van der Waals surface area contributed by atoms with Crippen molar-refractivity contribution in [3.8, 4) is 5.75 Å². The summed E-state index contributed by atoms with van der Waals surface area (Å²) in [6.45, 7) is 0.204. The summed E-state index contributed by atoms with van der Waals surface area (Å²) in [6, 6.07) is 5.58. The fraction of sp³-hybridized carbons (Fsp3) is 0. The summed E-state index contributed by atoms with van der Waals surface area (Å²) in [5.41, 5.74) is -0.0354. The first-order valence-corrected chi connectivity index (χ1v) is 4.38. The van der Waals surface area contributed by atoms with Crippen LogP contribution in [-0.4, -0.2) is 12.8 Å². The van der Waals surface area contributed by atoms with E-state index in [1.54, 1.807) is 0 Å². The van der Waals surface area contributed by atoms with E-state index >= 15 is 0 Å². The van der Waals surface area contributed by atoms with Crippen molar-refractivity contribution >= 4 is 23.7 Å². The van der Waals surface area contributed by atoms with E-state index in [1.807, 2.05) is 0 Å².